The van der Waals surface area contributed by atoms with Gasteiger partial charge < -0.3 is 15.0 Å². The number of hydrogen-bond donors (Lipinski definition) is 1. The van der Waals surface area contributed by atoms with Crippen molar-refractivity contribution in [3.8, 4) is 6.07 Å². The molecule has 1 aromatic carbocycles. The Morgan fingerprint density at radius 3 is 2.62 bits per heavy atom. The van der Waals surface area contributed by atoms with Crippen molar-refractivity contribution < 1.29 is 9.53 Å². The predicted molar refractivity (Wildman–Crippen MR) is 98.6 cm³/mol. The molecule has 0 unspecified atom stereocenters. The Bertz CT molecular complexity index is 803. The smallest absolute Gasteiger partial charge is 0.254 e. The number of nitrogens with zero attached hydrogens (tertiary/aromatic N) is 3. The second-order valence-electron chi connectivity index (χ2n) is 6.53. The monoisotopic (exact) mass is 350 g/mol. The molecule has 26 heavy (non-hydrogen) atoms. The van der Waals surface area contributed by atoms with Crippen LogP contribution in [-0.2, 0) is 11.3 Å². The minimum atomic E-state index is 0.0306. The zero-order valence-corrected chi connectivity index (χ0v) is 15.0. The molecule has 3 rings (SSSR count). The minimum absolute atomic E-state index is 0.0306. The summed E-state index contributed by atoms with van der Waals surface area (Å²) in [4.78, 5) is 18.7. The van der Waals surface area contributed by atoms with Gasteiger partial charge in [0.25, 0.3) is 5.91 Å². The van der Waals surface area contributed by atoms with E-state index in [0.717, 1.165) is 5.56 Å². The third-order valence-electron chi connectivity index (χ3n) is 4.30. The molecule has 0 bridgehead atoms. The van der Waals surface area contributed by atoms with Crippen LogP contribution in [0.2, 0.25) is 0 Å². The van der Waals surface area contributed by atoms with Gasteiger partial charge in [-0.05, 0) is 43.7 Å². The number of hydrogen-bond acceptors (Lipinski definition) is 5. The van der Waals surface area contributed by atoms with Crippen LogP contribution in [0.1, 0.15) is 35.3 Å². The molecule has 0 radical (unpaired) electrons. The molecule has 1 aliphatic rings. The number of aromatic nitrogens is 1. The van der Waals surface area contributed by atoms with Crippen molar-refractivity contribution in [2.45, 2.75) is 32.6 Å². The molecule has 2 aromatic rings. The summed E-state index contributed by atoms with van der Waals surface area (Å²) in [6, 6.07) is 13.1. The highest BCUT2D eigenvalue weighted by Crippen LogP contribution is 2.16. The van der Waals surface area contributed by atoms with Gasteiger partial charge in [0.15, 0.2) is 0 Å². The second-order valence-corrected chi connectivity index (χ2v) is 6.53. The average molecular weight is 350 g/mol. The Morgan fingerprint density at radius 1 is 1.27 bits per heavy atom. The minimum Gasteiger partial charge on any atom is -0.372 e. The number of pyridine rings is 1. The largest absolute Gasteiger partial charge is 0.372 e. The SMILES string of the molecule is C[C@H]1CN(C(=O)c2ccc(CNc3ncccc3C#N)cc2)C[C@H](C)O1. The highest BCUT2D eigenvalue weighted by Gasteiger charge is 2.26. The Hall–Kier alpha value is -2.91. The third-order valence-corrected chi connectivity index (χ3v) is 4.30. The maximum Gasteiger partial charge on any atom is 0.254 e. The molecule has 134 valence electrons. The number of ether oxygens (including phenoxy) is 1. The Morgan fingerprint density at radius 2 is 1.96 bits per heavy atom. The summed E-state index contributed by atoms with van der Waals surface area (Å²) in [6.07, 6.45) is 1.76. The Labute approximate surface area is 153 Å². The van der Waals surface area contributed by atoms with Gasteiger partial charge in [-0.1, -0.05) is 12.1 Å². The Kier molecular flexibility index (Phi) is 5.49. The number of nitrogens with one attached hydrogen (secondary N) is 1. The lowest BCUT2D eigenvalue weighted by molar-refractivity contribution is -0.0586. The number of rotatable bonds is 4. The first kappa shape index (κ1) is 17.9. The van der Waals surface area contributed by atoms with Gasteiger partial charge in [-0.3, -0.25) is 4.79 Å². The first-order chi connectivity index (χ1) is 12.6. The van der Waals surface area contributed by atoms with Gasteiger partial charge in [-0.2, -0.15) is 5.26 Å². The second kappa shape index (κ2) is 7.98. The molecule has 0 aliphatic carbocycles. The summed E-state index contributed by atoms with van der Waals surface area (Å²) in [6.45, 7) is 5.73. The van der Waals surface area contributed by atoms with Gasteiger partial charge in [0.05, 0.1) is 17.8 Å². The number of carbonyl (C=O) groups excluding carboxylic acids is 1. The maximum atomic E-state index is 12.7. The topological polar surface area (TPSA) is 78.3 Å². The Balaban J connectivity index is 1.63. The van der Waals surface area contributed by atoms with E-state index in [9.17, 15) is 4.79 Å². The molecular formula is C20H22N4O2. The van der Waals surface area contributed by atoms with Crippen LogP contribution >= 0.6 is 0 Å². The summed E-state index contributed by atoms with van der Waals surface area (Å²) in [5, 5.41) is 12.3. The van der Waals surface area contributed by atoms with E-state index in [1.165, 1.54) is 0 Å². The van der Waals surface area contributed by atoms with E-state index in [4.69, 9.17) is 10.00 Å². The van der Waals surface area contributed by atoms with Crippen molar-refractivity contribution in [1.82, 2.24) is 9.88 Å². The molecule has 6 nitrogen and oxygen atoms in total. The highest BCUT2D eigenvalue weighted by atomic mass is 16.5. The number of carbonyl (C=O) groups is 1. The van der Waals surface area contributed by atoms with Crippen molar-refractivity contribution in [3.63, 3.8) is 0 Å². The lowest BCUT2D eigenvalue weighted by atomic mass is 10.1. The van der Waals surface area contributed by atoms with Gasteiger partial charge >= 0.3 is 0 Å². The normalized spacial score (nSPS) is 19.7. The van der Waals surface area contributed by atoms with Gasteiger partial charge in [0, 0.05) is 31.4 Å². The molecule has 1 amide bonds. The molecular weight excluding hydrogens is 328 g/mol. The van der Waals surface area contributed by atoms with E-state index in [1.807, 2.05) is 43.0 Å². The van der Waals surface area contributed by atoms with E-state index in [-0.39, 0.29) is 18.1 Å². The summed E-state index contributed by atoms with van der Waals surface area (Å²) in [5.74, 6) is 0.592. The molecule has 1 fully saturated rings. The van der Waals surface area contributed by atoms with Crippen LogP contribution in [0.15, 0.2) is 42.6 Å². The van der Waals surface area contributed by atoms with E-state index in [1.54, 1.807) is 18.3 Å². The molecule has 0 saturated carbocycles. The molecule has 0 spiro atoms. The van der Waals surface area contributed by atoms with Crippen molar-refractivity contribution in [3.05, 3.63) is 59.3 Å². The van der Waals surface area contributed by atoms with Crippen molar-refractivity contribution in [2.24, 2.45) is 0 Å². The third kappa shape index (κ3) is 4.19. The van der Waals surface area contributed by atoms with Gasteiger partial charge in [0.1, 0.15) is 11.9 Å². The van der Waals surface area contributed by atoms with Crippen LogP contribution in [0.5, 0.6) is 0 Å². The van der Waals surface area contributed by atoms with Gasteiger partial charge in [-0.15, -0.1) is 0 Å². The number of morpholine rings is 1. The lowest BCUT2D eigenvalue weighted by Crippen LogP contribution is -2.48. The fraction of sp³-hybridized carbons (Fsp3) is 0.350. The predicted octanol–water partition coefficient (Wildman–Crippen LogP) is 2.81. The molecule has 1 aromatic heterocycles. The van der Waals surface area contributed by atoms with E-state index < -0.39 is 0 Å². The van der Waals surface area contributed by atoms with Crippen molar-refractivity contribution in [1.29, 1.82) is 5.26 Å². The molecule has 1 saturated heterocycles. The zero-order chi connectivity index (χ0) is 18.5. The number of benzene rings is 1. The van der Waals surface area contributed by atoms with Crippen LogP contribution in [0.25, 0.3) is 0 Å². The number of nitriles is 1. The molecule has 6 heteroatoms. The van der Waals surface area contributed by atoms with E-state index in [2.05, 4.69) is 16.4 Å². The first-order valence-corrected chi connectivity index (χ1v) is 8.69. The zero-order valence-electron chi connectivity index (χ0n) is 15.0. The van der Waals surface area contributed by atoms with Gasteiger partial charge in [-0.25, -0.2) is 4.98 Å². The van der Waals surface area contributed by atoms with Crippen molar-refractivity contribution in [2.75, 3.05) is 18.4 Å². The number of amides is 1. The fourth-order valence-electron chi connectivity index (χ4n) is 3.11. The van der Waals surface area contributed by atoms with Crippen LogP contribution < -0.4 is 5.32 Å². The lowest BCUT2D eigenvalue weighted by Gasteiger charge is -2.35. The summed E-state index contributed by atoms with van der Waals surface area (Å²) < 4.78 is 5.68. The summed E-state index contributed by atoms with van der Waals surface area (Å²) in [5.41, 5.74) is 2.19. The van der Waals surface area contributed by atoms with Gasteiger partial charge in [0.2, 0.25) is 0 Å². The summed E-state index contributed by atoms with van der Waals surface area (Å²) in [7, 11) is 0. The van der Waals surface area contributed by atoms with Crippen LogP contribution in [0.3, 0.4) is 0 Å². The van der Waals surface area contributed by atoms with E-state index >= 15 is 0 Å². The standard InChI is InChI=1S/C20H22N4O2/c1-14-12-24(13-15(2)26-14)20(25)17-7-5-16(6-8-17)11-23-19-18(10-21)4-3-9-22-19/h3-9,14-15H,11-13H2,1-2H3,(H,22,23)/t14-,15-/m0/s1. The van der Waals surface area contributed by atoms with Crippen LogP contribution in [0, 0.1) is 11.3 Å². The van der Waals surface area contributed by atoms with Crippen LogP contribution in [-0.4, -0.2) is 41.1 Å². The average Bonchev–Trinajstić information content (AvgIpc) is 2.65. The fourth-order valence-corrected chi connectivity index (χ4v) is 3.11. The molecule has 1 N–H and O–H groups in total. The first-order valence-electron chi connectivity index (χ1n) is 8.69. The maximum absolute atomic E-state index is 12.7. The van der Waals surface area contributed by atoms with E-state index in [0.29, 0.717) is 36.6 Å². The quantitative estimate of drug-likeness (QED) is 0.917. The molecule has 1 aliphatic heterocycles. The molecule has 2 heterocycles. The van der Waals surface area contributed by atoms with Crippen LogP contribution in [0.4, 0.5) is 5.82 Å². The summed E-state index contributed by atoms with van der Waals surface area (Å²) >= 11 is 0. The molecule has 2 atom stereocenters. The van der Waals surface area contributed by atoms with Crippen molar-refractivity contribution >= 4 is 11.7 Å². The highest BCUT2D eigenvalue weighted by molar-refractivity contribution is 5.94. The number of anilines is 1.